The minimum absolute atomic E-state index is 0.0269. The SMILES string of the molecule is CC(C)CCCCCC(O)C1CC1. The molecule has 0 aromatic rings. The molecule has 0 aromatic heterocycles. The Bertz CT molecular complexity index is 127. The Hall–Kier alpha value is -0.0400. The van der Waals surface area contributed by atoms with E-state index in [4.69, 9.17) is 0 Å². The Labute approximate surface area is 82.5 Å². The maximum absolute atomic E-state index is 9.60. The van der Waals surface area contributed by atoms with Crippen molar-refractivity contribution >= 4 is 0 Å². The van der Waals surface area contributed by atoms with E-state index < -0.39 is 0 Å². The molecule has 0 aliphatic heterocycles. The lowest BCUT2D eigenvalue weighted by molar-refractivity contribution is 0.138. The van der Waals surface area contributed by atoms with E-state index in [9.17, 15) is 5.11 Å². The monoisotopic (exact) mass is 184 g/mol. The summed E-state index contributed by atoms with van der Waals surface area (Å²) >= 11 is 0. The first kappa shape index (κ1) is 11.0. The van der Waals surface area contributed by atoms with Gasteiger partial charge >= 0.3 is 0 Å². The third kappa shape index (κ3) is 5.30. The molecule has 0 bridgehead atoms. The predicted octanol–water partition coefficient (Wildman–Crippen LogP) is 3.36. The second-order valence-corrected chi connectivity index (χ2v) is 4.94. The van der Waals surface area contributed by atoms with Crippen LogP contribution in [0.25, 0.3) is 0 Å². The van der Waals surface area contributed by atoms with Crippen LogP contribution >= 0.6 is 0 Å². The largest absolute Gasteiger partial charge is 0.393 e. The van der Waals surface area contributed by atoms with E-state index in [1.807, 2.05) is 0 Å². The second-order valence-electron chi connectivity index (χ2n) is 4.94. The van der Waals surface area contributed by atoms with E-state index in [0.717, 1.165) is 12.3 Å². The normalized spacial score (nSPS) is 19.4. The van der Waals surface area contributed by atoms with Crippen LogP contribution < -0.4 is 0 Å². The molecular weight excluding hydrogens is 160 g/mol. The third-order valence-electron chi connectivity index (χ3n) is 2.95. The zero-order valence-electron chi connectivity index (χ0n) is 9.13. The Balaban J connectivity index is 1.83. The number of aliphatic hydroxyl groups is 1. The van der Waals surface area contributed by atoms with Crippen LogP contribution in [-0.4, -0.2) is 11.2 Å². The molecule has 0 aromatic carbocycles. The van der Waals surface area contributed by atoms with E-state index in [0.29, 0.717) is 5.92 Å². The lowest BCUT2D eigenvalue weighted by Gasteiger charge is -2.08. The highest BCUT2D eigenvalue weighted by atomic mass is 16.3. The molecule has 1 saturated carbocycles. The molecule has 1 unspecified atom stereocenters. The van der Waals surface area contributed by atoms with Crippen LogP contribution in [0, 0.1) is 11.8 Å². The molecule has 0 spiro atoms. The zero-order valence-corrected chi connectivity index (χ0v) is 9.13. The lowest BCUT2D eigenvalue weighted by Crippen LogP contribution is -2.08. The number of unbranched alkanes of at least 4 members (excludes halogenated alkanes) is 2. The van der Waals surface area contributed by atoms with Gasteiger partial charge in [-0.3, -0.25) is 0 Å². The second kappa shape index (κ2) is 5.64. The predicted molar refractivity (Wildman–Crippen MR) is 56.7 cm³/mol. The molecule has 1 fully saturated rings. The van der Waals surface area contributed by atoms with Crippen LogP contribution in [0.1, 0.15) is 58.8 Å². The van der Waals surface area contributed by atoms with Crippen molar-refractivity contribution in [3.63, 3.8) is 0 Å². The number of hydrogen-bond acceptors (Lipinski definition) is 1. The highest BCUT2D eigenvalue weighted by Crippen LogP contribution is 2.34. The van der Waals surface area contributed by atoms with Gasteiger partial charge in [0.05, 0.1) is 6.10 Å². The van der Waals surface area contributed by atoms with E-state index in [1.165, 1.54) is 38.5 Å². The fourth-order valence-corrected chi connectivity index (χ4v) is 1.80. The molecule has 1 nitrogen and oxygen atoms in total. The first-order valence-corrected chi connectivity index (χ1v) is 5.88. The van der Waals surface area contributed by atoms with Crippen molar-refractivity contribution in [2.45, 2.75) is 64.9 Å². The molecule has 0 amide bonds. The fraction of sp³-hybridized carbons (Fsp3) is 1.00. The van der Waals surface area contributed by atoms with Crippen molar-refractivity contribution in [3.8, 4) is 0 Å². The van der Waals surface area contributed by atoms with Crippen molar-refractivity contribution in [1.82, 2.24) is 0 Å². The summed E-state index contributed by atoms with van der Waals surface area (Å²) in [6, 6.07) is 0. The maximum atomic E-state index is 9.60. The van der Waals surface area contributed by atoms with Crippen LogP contribution in [0.2, 0.25) is 0 Å². The molecule has 0 saturated heterocycles. The molecule has 1 N–H and O–H groups in total. The standard InChI is InChI=1S/C12H24O/c1-10(2)6-4-3-5-7-12(13)11-8-9-11/h10-13H,3-9H2,1-2H3. The first-order chi connectivity index (χ1) is 6.20. The molecule has 13 heavy (non-hydrogen) atoms. The van der Waals surface area contributed by atoms with Gasteiger partial charge < -0.3 is 5.11 Å². The van der Waals surface area contributed by atoms with Gasteiger partial charge in [-0.25, -0.2) is 0 Å². The summed E-state index contributed by atoms with van der Waals surface area (Å²) in [6.07, 6.45) is 8.84. The lowest BCUT2D eigenvalue weighted by atomic mass is 10.0. The summed E-state index contributed by atoms with van der Waals surface area (Å²) < 4.78 is 0. The average molecular weight is 184 g/mol. The van der Waals surface area contributed by atoms with Gasteiger partial charge in [-0.05, 0) is 31.1 Å². The summed E-state index contributed by atoms with van der Waals surface area (Å²) in [4.78, 5) is 0. The van der Waals surface area contributed by atoms with Gasteiger partial charge in [-0.2, -0.15) is 0 Å². The summed E-state index contributed by atoms with van der Waals surface area (Å²) in [7, 11) is 0. The van der Waals surface area contributed by atoms with Crippen LogP contribution in [0.4, 0.5) is 0 Å². The van der Waals surface area contributed by atoms with Gasteiger partial charge in [0.25, 0.3) is 0 Å². The van der Waals surface area contributed by atoms with E-state index in [1.54, 1.807) is 0 Å². The first-order valence-electron chi connectivity index (χ1n) is 5.88. The molecule has 1 heteroatoms. The van der Waals surface area contributed by atoms with E-state index in [-0.39, 0.29) is 6.10 Å². The highest BCUT2D eigenvalue weighted by molar-refractivity contribution is 4.80. The molecule has 0 heterocycles. The average Bonchev–Trinajstić information content (AvgIpc) is 2.85. The summed E-state index contributed by atoms with van der Waals surface area (Å²) in [6.45, 7) is 4.55. The number of rotatable bonds is 7. The van der Waals surface area contributed by atoms with Crippen LogP contribution in [0.5, 0.6) is 0 Å². The Morgan fingerprint density at radius 1 is 1.08 bits per heavy atom. The summed E-state index contributed by atoms with van der Waals surface area (Å²) in [5.74, 6) is 1.51. The van der Waals surface area contributed by atoms with Crippen LogP contribution in [0.15, 0.2) is 0 Å². The molecule has 1 atom stereocenters. The number of hydrogen-bond donors (Lipinski definition) is 1. The molecule has 1 rings (SSSR count). The van der Waals surface area contributed by atoms with E-state index >= 15 is 0 Å². The van der Waals surface area contributed by atoms with Crippen molar-refractivity contribution < 1.29 is 5.11 Å². The van der Waals surface area contributed by atoms with Gasteiger partial charge in [-0.15, -0.1) is 0 Å². The number of aliphatic hydroxyl groups excluding tert-OH is 1. The third-order valence-corrected chi connectivity index (χ3v) is 2.95. The van der Waals surface area contributed by atoms with Gasteiger partial charge in [0.15, 0.2) is 0 Å². The maximum Gasteiger partial charge on any atom is 0.0568 e. The van der Waals surface area contributed by atoms with Crippen LogP contribution in [-0.2, 0) is 0 Å². The quantitative estimate of drug-likeness (QED) is 0.601. The van der Waals surface area contributed by atoms with E-state index in [2.05, 4.69) is 13.8 Å². The van der Waals surface area contributed by atoms with Crippen molar-refractivity contribution in [3.05, 3.63) is 0 Å². The van der Waals surface area contributed by atoms with Gasteiger partial charge in [-0.1, -0.05) is 39.5 Å². The smallest absolute Gasteiger partial charge is 0.0568 e. The van der Waals surface area contributed by atoms with Crippen LogP contribution in [0.3, 0.4) is 0 Å². The van der Waals surface area contributed by atoms with Gasteiger partial charge in [0, 0.05) is 0 Å². The topological polar surface area (TPSA) is 20.2 Å². The molecular formula is C12H24O. The fourth-order valence-electron chi connectivity index (χ4n) is 1.80. The van der Waals surface area contributed by atoms with Crippen molar-refractivity contribution in [2.24, 2.45) is 11.8 Å². The Morgan fingerprint density at radius 2 is 1.69 bits per heavy atom. The van der Waals surface area contributed by atoms with Crippen molar-refractivity contribution in [2.75, 3.05) is 0 Å². The molecule has 0 radical (unpaired) electrons. The zero-order chi connectivity index (χ0) is 9.68. The molecule has 78 valence electrons. The molecule has 1 aliphatic rings. The Morgan fingerprint density at radius 3 is 2.23 bits per heavy atom. The summed E-state index contributed by atoms with van der Waals surface area (Å²) in [5.41, 5.74) is 0. The van der Waals surface area contributed by atoms with Gasteiger partial charge in [0.1, 0.15) is 0 Å². The Kier molecular flexibility index (Phi) is 4.79. The minimum atomic E-state index is 0.0269. The van der Waals surface area contributed by atoms with Gasteiger partial charge in [0.2, 0.25) is 0 Å². The van der Waals surface area contributed by atoms with Crippen molar-refractivity contribution in [1.29, 1.82) is 0 Å². The minimum Gasteiger partial charge on any atom is -0.393 e. The molecule has 1 aliphatic carbocycles. The highest BCUT2D eigenvalue weighted by Gasteiger charge is 2.28. The summed E-state index contributed by atoms with van der Waals surface area (Å²) in [5, 5.41) is 9.60.